The summed E-state index contributed by atoms with van der Waals surface area (Å²) in [6.45, 7) is 2.70. The van der Waals surface area contributed by atoms with E-state index in [-0.39, 0.29) is 18.4 Å². The minimum atomic E-state index is -0.242. The van der Waals surface area contributed by atoms with Gasteiger partial charge in [-0.3, -0.25) is 9.59 Å². The lowest BCUT2D eigenvalue weighted by molar-refractivity contribution is -0.130. The summed E-state index contributed by atoms with van der Waals surface area (Å²) in [5.74, 6) is 0.557. The number of nitrogens with zero attached hydrogens (tertiary/aromatic N) is 4. The Balaban J connectivity index is 1.50. The van der Waals surface area contributed by atoms with Gasteiger partial charge in [-0.15, -0.1) is 0 Å². The third-order valence-electron chi connectivity index (χ3n) is 4.25. The average molecular weight is 354 g/mol. The zero-order valence-electron chi connectivity index (χ0n) is 14.5. The molecule has 0 spiro atoms. The molecule has 1 aliphatic heterocycles. The van der Waals surface area contributed by atoms with Crippen molar-refractivity contribution in [3.63, 3.8) is 0 Å². The summed E-state index contributed by atoms with van der Waals surface area (Å²) in [4.78, 5) is 36.2. The second-order valence-corrected chi connectivity index (χ2v) is 6.04. The number of nitrogens with one attached hydrogen (secondary N) is 1. The third kappa shape index (κ3) is 4.54. The van der Waals surface area contributed by atoms with E-state index in [0.29, 0.717) is 31.1 Å². The number of hydrogen-bond acceptors (Lipinski definition) is 6. The van der Waals surface area contributed by atoms with Gasteiger partial charge in [0.15, 0.2) is 0 Å². The van der Waals surface area contributed by atoms with Crippen LogP contribution < -0.4 is 16.0 Å². The van der Waals surface area contributed by atoms with Gasteiger partial charge in [0.1, 0.15) is 0 Å². The van der Waals surface area contributed by atoms with Crippen LogP contribution in [0.5, 0.6) is 0 Å². The predicted octanol–water partition coefficient (Wildman–Crippen LogP) is 0.265. The Morgan fingerprint density at radius 3 is 2.31 bits per heavy atom. The second kappa shape index (κ2) is 8.39. The maximum absolute atomic E-state index is 12.5. The van der Waals surface area contributed by atoms with Crippen molar-refractivity contribution in [3.05, 3.63) is 48.3 Å². The molecular formula is C18H22N6O2. The van der Waals surface area contributed by atoms with Gasteiger partial charge in [0, 0.05) is 44.3 Å². The summed E-state index contributed by atoms with van der Waals surface area (Å²) < 4.78 is 0. The van der Waals surface area contributed by atoms with Crippen LogP contribution >= 0.6 is 0 Å². The molecule has 2 aromatic rings. The Bertz CT molecular complexity index is 742. The molecule has 0 radical (unpaired) electrons. The number of benzene rings is 1. The minimum Gasteiger partial charge on any atom is -0.339 e. The number of aromatic nitrogens is 2. The molecule has 3 rings (SSSR count). The minimum absolute atomic E-state index is 0.0553. The van der Waals surface area contributed by atoms with Crippen molar-refractivity contribution in [2.24, 2.45) is 5.73 Å². The number of amides is 2. The standard InChI is InChI=1S/C18H22N6O2/c19-13-16(25)22-15-4-2-14(3-5-15)12-17(26)23-8-10-24(11-9-23)18-20-6-1-7-21-18/h1-7H,8-13,19H2,(H,22,25). The molecule has 3 N–H and O–H groups in total. The van der Waals surface area contributed by atoms with Gasteiger partial charge in [-0.05, 0) is 23.8 Å². The fourth-order valence-electron chi connectivity index (χ4n) is 2.81. The first kappa shape index (κ1) is 17.8. The maximum Gasteiger partial charge on any atom is 0.238 e. The molecule has 136 valence electrons. The van der Waals surface area contributed by atoms with Crippen LogP contribution in [-0.2, 0) is 16.0 Å². The van der Waals surface area contributed by atoms with Crippen molar-refractivity contribution in [2.75, 3.05) is 42.9 Å². The quantitative estimate of drug-likeness (QED) is 0.798. The molecule has 0 atom stereocenters. The lowest BCUT2D eigenvalue weighted by atomic mass is 10.1. The molecule has 1 saturated heterocycles. The van der Waals surface area contributed by atoms with Crippen LogP contribution in [0, 0.1) is 0 Å². The van der Waals surface area contributed by atoms with E-state index in [0.717, 1.165) is 18.7 Å². The highest BCUT2D eigenvalue weighted by Gasteiger charge is 2.22. The number of hydrogen-bond donors (Lipinski definition) is 2. The Kier molecular flexibility index (Phi) is 5.75. The monoisotopic (exact) mass is 354 g/mol. The fourth-order valence-corrected chi connectivity index (χ4v) is 2.81. The van der Waals surface area contributed by atoms with Gasteiger partial charge in [-0.25, -0.2) is 9.97 Å². The molecule has 2 amide bonds. The zero-order chi connectivity index (χ0) is 18.4. The summed E-state index contributed by atoms with van der Waals surface area (Å²) in [6.07, 6.45) is 3.78. The van der Waals surface area contributed by atoms with Gasteiger partial charge < -0.3 is 20.9 Å². The molecule has 0 unspecified atom stereocenters. The van der Waals surface area contributed by atoms with Crippen molar-refractivity contribution in [2.45, 2.75) is 6.42 Å². The third-order valence-corrected chi connectivity index (χ3v) is 4.25. The van der Waals surface area contributed by atoms with E-state index < -0.39 is 0 Å². The largest absolute Gasteiger partial charge is 0.339 e. The first-order valence-electron chi connectivity index (χ1n) is 8.54. The number of piperazine rings is 1. The molecule has 0 aliphatic carbocycles. The van der Waals surface area contributed by atoms with Crippen LogP contribution in [0.4, 0.5) is 11.6 Å². The van der Waals surface area contributed by atoms with Crippen LogP contribution in [0.2, 0.25) is 0 Å². The molecule has 1 fully saturated rings. The molecule has 26 heavy (non-hydrogen) atoms. The van der Waals surface area contributed by atoms with E-state index in [1.165, 1.54) is 0 Å². The Morgan fingerprint density at radius 2 is 1.69 bits per heavy atom. The highest BCUT2D eigenvalue weighted by atomic mass is 16.2. The molecule has 2 heterocycles. The number of anilines is 2. The van der Waals surface area contributed by atoms with E-state index in [4.69, 9.17) is 5.73 Å². The van der Waals surface area contributed by atoms with Crippen LogP contribution in [0.1, 0.15) is 5.56 Å². The second-order valence-electron chi connectivity index (χ2n) is 6.04. The molecule has 0 saturated carbocycles. The number of carbonyl (C=O) groups excluding carboxylic acids is 2. The molecule has 1 aliphatic rings. The fraction of sp³-hybridized carbons (Fsp3) is 0.333. The summed E-state index contributed by atoms with van der Waals surface area (Å²) in [7, 11) is 0. The van der Waals surface area contributed by atoms with E-state index in [2.05, 4.69) is 20.2 Å². The van der Waals surface area contributed by atoms with Crippen molar-refractivity contribution < 1.29 is 9.59 Å². The Morgan fingerprint density at radius 1 is 1.04 bits per heavy atom. The van der Waals surface area contributed by atoms with Gasteiger partial charge in [0.25, 0.3) is 0 Å². The summed E-state index contributed by atoms with van der Waals surface area (Å²) in [5.41, 5.74) is 6.86. The highest BCUT2D eigenvalue weighted by Crippen LogP contribution is 2.13. The molecule has 1 aromatic carbocycles. The number of nitrogens with two attached hydrogens (primary N) is 1. The first-order chi connectivity index (χ1) is 12.7. The van der Waals surface area contributed by atoms with Gasteiger partial charge in [-0.2, -0.15) is 0 Å². The van der Waals surface area contributed by atoms with Crippen molar-refractivity contribution in [1.82, 2.24) is 14.9 Å². The molecule has 8 heteroatoms. The normalized spacial score (nSPS) is 14.2. The van der Waals surface area contributed by atoms with Crippen LogP contribution in [0.15, 0.2) is 42.7 Å². The van der Waals surface area contributed by atoms with Crippen molar-refractivity contribution >= 4 is 23.5 Å². The molecule has 1 aromatic heterocycles. The number of rotatable bonds is 5. The van der Waals surface area contributed by atoms with E-state index in [1.807, 2.05) is 17.0 Å². The van der Waals surface area contributed by atoms with Gasteiger partial charge in [0.2, 0.25) is 17.8 Å². The molecule has 0 bridgehead atoms. The van der Waals surface area contributed by atoms with E-state index >= 15 is 0 Å². The maximum atomic E-state index is 12.5. The van der Waals surface area contributed by atoms with Crippen molar-refractivity contribution in [3.8, 4) is 0 Å². The Labute approximate surface area is 152 Å². The summed E-state index contributed by atoms with van der Waals surface area (Å²) in [6, 6.07) is 9.04. The van der Waals surface area contributed by atoms with Gasteiger partial charge in [0.05, 0.1) is 13.0 Å². The SMILES string of the molecule is NCC(=O)Nc1ccc(CC(=O)N2CCN(c3ncccn3)CC2)cc1. The topological polar surface area (TPSA) is 104 Å². The summed E-state index contributed by atoms with van der Waals surface area (Å²) >= 11 is 0. The van der Waals surface area contributed by atoms with Crippen molar-refractivity contribution in [1.29, 1.82) is 0 Å². The smallest absolute Gasteiger partial charge is 0.238 e. The number of carbonyl (C=O) groups is 2. The predicted molar refractivity (Wildman–Crippen MR) is 98.7 cm³/mol. The molecule has 8 nitrogen and oxygen atoms in total. The van der Waals surface area contributed by atoms with Gasteiger partial charge in [-0.1, -0.05) is 12.1 Å². The van der Waals surface area contributed by atoms with E-state index in [9.17, 15) is 9.59 Å². The Hall–Kier alpha value is -3.00. The van der Waals surface area contributed by atoms with Crippen LogP contribution in [-0.4, -0.2) is 59.4 Å². The van der Waals surface area contributed by atoms with E-state index in [1.54, 1.807) is 30.6 Å². The lowest BCUT2D eigenvalue weighted by Gasteiger charge is -2.34. The highest BCUT2D eigenvalue weighted by molar-refractivity contribution is 5.92. The molecular weight excluding hydrogens is 332 g/mol. The summed E-state index contributed by atoms with van der Waals surface area (Å²) in [5, 5.41) is 2.68. The van der Waals surface area contributed by atoms with Crippen LogP contribution in [0.3, 0.4) is 0 Å². The average Bonchev–Trinajstić information content (AvgIpc) is 2.70. The zero-order valence-corrected chi connectivity index (χ0v) is 14.5. The first-order valence-corrected chi connectivity index (χ1v) is 8.54. The lowest BCUT2D eigenvalue weighted by Crippen LogP contribution is -2.49. The van der Waals surface area contributed by atoms with Crippen LogP contribution in [0.25, 0.3) is 0 Å². The van der Waals surface area contributed by atoms with Gasteiger partial charge >= 0.3 is 0 Å².